The van der Waals surface area contributed by atoms with Crippen molar-refractivity contribution in [3.63, 3.8) is 0 Å². The average molecular weight is 553 g/mol. The molecule has 0 saturated heterocycles. The van der Waals surface area contributed by atoms with Gasteiger partial charge in [0.05, 0.1) is 0 Å². The van der Waals surface area contributed by atoms with Gasteiger partial charge in [0.15, 0.2) is 0 Å². The van der Waals surface area contributed by atoms with Crippen molar-refractivity contribution in [1.82, 2.24) is 0 Å². The van der Waals surface area contributed by atoms with Crippen LogP contribution in [0.3, 0.4) is 0 Å². The summed E-state index contributed by atoms with van der Waals surface area (Å²) in [6, 6.07) is 17.9. The molecule has 171 valence electrons. The van der Waals surface area contributed by atoms with Crippen LogP contribution in [-0.2, 0) is 12.4 Å². The van der Waals surface area contributed by atoms with Crippen LogP contribution >= 0.6 is 18.6 Å². The Bertz CT molecular complexity index is 1050. The Hall–Kier alpha value is -0.135. The van der Waals surface area contributed by atoms with E-state index < -0.39 is 35.3 Å². The molecule has 2 unspecified atom stereocenters. The predicted molar refractivity (Wildman–Crippen MR) is 152 cm³/mol. The molecule has 0 radical (unpaired) electrons. The van der Waals surface area contributed by atoms with Gasteiger partial charge in [-0.05, 0) is 0 Å². The molecule has 2 aliphatic rings. The summed E-state index contributed by atoms with van der Waals surface area (Å²) in [5, 5.41) is 3.17. The van der Waals surface area contributed by atoms with Crippen LogP contribution in [0.15, 0.2) is 58.9 Å². The maximum atomic E-state index is 8.38. The van der Waals surface area contributed by atoms with Crippen LogP contribution in [-0.4, -0.2) is 22.8 Å². The molecule has 0 spiro atoms. The summed E-state index contributed by atoms with van der Waals surface area (Å²) < 4.78 is 0.446. The summed E-state index contributed by atoms with van der Waals surface area (Å²) in [5.74, 6) is 0. The second-order valence-electron chi connectivity index (χ2n) is 12.2. The van der Waals surface area contributed by atoms with Gasteiger partial charge in [0, 0.05) is 0 Å². The van der Waals surface area contributed by atoms with Crippen LogP contribution in [0.2, 0.25) is 52.4 Å². The molecule has 0 aliphatic heterocycles. The second-order valence-corrected chi connectivity index (χ2v) is 51.6. The molecule has 2 aromatic rings. The van der Waals surface area contributed by atoms with E-state index in [9.17, 15) is 0 Å². The van der Waals surface area contributed by atoms with Crippen LogP contribution in [0.4, 0.5) is 0 Å². The van der Waals surface area contributed by atoms with E-state index in [0.717, 1.165) is 0 Å². The SMILES string of the molecule is C[SiH](C)[Ti]([Cl])([Cl])([CH]1C([Si](C)(C)C)=Cc2ccccc21)[CH]1C([Si](C)(C)C)=Cc2ccccc21. The van der Waals surface area contributed by atoms with Crippen molar-refractivity contribution in [1.29, 1.82) is 0 Å². The summed E-state index contributed by atoms with van der Waals surface area (Å²) in [7, 11) is 13.5. The summed E-state index contributed by atoms with van der Waals surface area (Å²) in [5.41, 5.74) is 5.53. The van der Waals surface area contributed by atoms with Crippen molar-refractivity contribution in [3.05, 3.63) is 81.2 Å². The first-order valence-corrected chi connectivity index (χ1v) is 30.6. The minimum absolute atomic E-state index is 0.223. The molecule has 0 aromatic heterocycles. The number of halogens is 2. The van der Waals surface area contributed by atoms with Crippen molar-refractivity contribution < 1.29 is 12.4 Å². The first-order chi connectivity index (χ1) is 14.7. The van der Waals surface area contributed by atoms with Gasteiger partial charge < -0.3 is 0 Å². The van der Waals surface area contributed by atoms with Crippen LogP contribution in [0.25, 0.3) is 12.2 Å². The van der Waals surface area contributed by atoms with Crippen molar-refractivity contribution in [2.45, 2.75) is 60.8 Å². The van der Waals surface area contributed by atoms with Crippen LogP contribution in [0.1, 0.15) is 30.7 Å². The zero-order valence-electron chi connectivity index (χ0n) is 20.8. The molecule has 0 saturated carbocycles. The molecule has 0 amide bonds. The quantitative estimate of drug-likeness (QED) is 0.325. The molecule has 0 nitrogen and oxygen atoms in total. The van der Waals surface area contributed by atoms with E-state index in [0.29, 0.717) is 0 Å². The zero-order chi connectivity index (χ0) is 23.7. The molecular weight excluding hydrogens is 515 g/mol. The number of allylic oxidation sites excluding steroid dienone is 2. The number of hydrogen-bond donors (Lipinski definition) is 0. The number of fused-ring (bicyclic) bond motifs is 2. The van der Waals surface area contributed by atoms with Crippen molar-refractivity contribution in [2.24, 2.45) is 0 Å². The van der Waals surface area contributed by atoms with Crippen LogP contribution < -0.4 is 0 Å². The Morgan fingerprint density at radius 1 is 0.656 bits per heavy atom. The summed E-state index contributed by atoms with van der Waals surface area (Å²) in [6.07, 6.45) is 4.96. The third kappa shape index (κ3) is 3.71. The van der Waals surface area contributed by atoms with E-state index in [-0.39, 0.29) is 8.45 Å². The molecule has 0 fully saturated rings. The molecule has 2 aliphatic carbocycles. The Morgan fingerprint density at radius 2 is 1.00 bits per heavy atom. The first-order valence-electron chi connectivity index (χ1n) is 11.9. The monoisotopic (exact) mass is 551 g/mol. The molecule has 0 heterocycles. The molecule has 2 atom stereocenters. The van der Waals surface area contributed by atoms with Gasteiger partial charge in [-0.1, -0.05) is 0 Å². The molecule has 0 N–H and O–H groups in total. The molecule has 0 bridgehead atoms. The predicted octanol–water partition coefficient (Wildman–Crippen LogP) is 9.00. The third-order valence-corrected chi connectivity index (χ3v) is 48.1. The Labute approximate surface area is 206 Å². The first kappa shape index (κ1) is 25.0. The van der Waals surface area contributed by atoms with Crippen LogP contribution in [0, 0.1) is 0 Å². The number of hydrogen-bond acceptors (Lipinski definition) is 0. The number of rotatable bonds is 5. The molecule has 32 heavy (non-hydrogen) atoms. The van der Waals surface area contributed by atoms with Gasteiger partial charge in [-0.3, -0.25) is 0 Å². The molecule has 4 rings (SSSR count). The number of benzene rings is 2. The standard InChI is InChI=1S/2C12H15Si.C2H7Si.2ClH.Ti/c2*1-13(2,3)12-8-10-6-4-5-7-11(10)9-12;1-3-2;;;/h2*4-9H,1-3H3;3H,1-2H3;2*1H;/q;;;;;+2/p-2. The Kier molecular flexibility index (Phi) is 6.20. The average Bonchev–Trinajstić information content (AvgIpc) is 3.28. The summed E-state index contributed by atoms with van der Waals surface area (Å²) >= 11 is -4.26. The normalized spacial score (nSPS) is 22.2. The summed E-state index contributed by atoms with van der Waals surface area (Å²) in [4.78, 5) is 0. The topological polar surface area (TPSA) is 0 Å². The fourth-order valence-corrected chi connectivity index (χ4v) is 38.4. The Morgan fingerprint density at radius 3 is 1.31 bits per heavy atom. The molecular formula is C26H37Cl2Si3Ti. The summed E-state index contributed by atoms with van der Waals surface area (Å²) in [6.45, 7) is 18.2. The van der Waals surface area contributed by atoms with Crippen LogP contribution in [0.5, 0.6) is 0 Å². The van der Waals surface area contributed by atoms with E-state index in [4.69, 9.17) is 18.6 Å². The maximum absolute atomic E-state index is 8.38. The molecule has 2 aromatic carbocycles. The van der Waals surface area contributed by atoms with Gasteiger partial charge in [-0.25, -0.2) is 0 Å². The van der Waals surface area contributed by atoms with Gasteiger partial charge in [0.25, 0.3) is 0 Å². The third-order valence-electron chi connectivity index (χ3n) is 7.80. The van der Waals surface area contributed by atoms with E-state index >= 15 is 0 Å². The van der Waals surface area contributed by atoms with Crippen molar-refractivity contribution >= 4 is 53.6 Å². The van der Waals surface area contributed by atoms with E-state index in [1.165, 1.54) is 22.3 Å². The van der Waals surface area contributed by atoms with Gasteiger partial charge in [-0.15, -0.1) is 0 Å². The fraction of sp³-hybridized carbons (Fsp3) is 0.385. The van der Waals surface area contributed by atoms with Gasteiger partial charge in [0.1, 0.15) is 0 Å². The van der Waals surface area contributed by atoms with Gasteiger partial charge >= 0.3 is 208 Å². The fourth-order valence-electron chi connectivity index (χ4n) is 5.97. The minimum atomic E-state index is -4.26. The van der Waals surface area contributed by atoms with E-state index in [2.05, 4.69) is 113 Å². The van der Waals surface area contributed by atoms with E-state index in [1.807, 2.05) is 0 Å². The van der Waals surface area contributed by atoms with Gasteiger partial charge in [-0.2, -0.15) is 0 Å². The zero-order valence-corrected chi connectivity index (χ0v) is 27.0. The van der Waals surface area contributed by atoms with Crippen molar-refractivity contribution in [2.75, 3.05) is 0 Å². The Balaban J connectivity index is 2.07. The second kappa shape index (κ2) is 7.94. The van der Waals surface area contributed by atoms with Gasteiger partial charge in [0.2, 0.25) is 0 Å². The van der Waals surface area contributed by atoms with Crippen molar-refractivity contribution in [3.8, 4) is 0 Å². The molecule has 6 heteroatoms. The van der Waals surface area contributed by atoms with E-state index in [1.54, 1.807) is 10.4 Å².